The first-order valence-corrected chi connectivity index (χ1v) is 33.2. The van der Waals surface area contributed by atoms with Crippen LogP contribution in [0.5, 0.6) is 23.0 Å². The van der Waals surface area contributed by atoms with Crippen molar-refractivity contribution in [3.05, 3.63) is 213 Å². The maximum absolute atomic E-state index is 13.9. The van der Waals surface area contributed by atoms with Gasteiger partial charge in [0.25, 0.3) is 17.7 Å². The number of unbranched alkanes of at least 4 members (excludes halogenated alkanes) is 3. The first-order chi connectivity index (χ1) is 53.9. The molecule has 35 heteroatoms. The predicted molar refractivity (Wildman–Crippen MR) is 394 cm³/mol. The molecule has 3 amide bonds. The Bertz CT molecular complexity index is 5290. The summed E-state index contributed by atoms with van der Waals surface area (Å²) in [5, 5.41) is 120. The average Bonchev–Trinajstić information content (AvgIpc) is 1.40. The molecule has 0 bridgehead atoms. The molecule has 556 valence electrons. The summed E-state index contributed by atoms with van der Waals surface area (Å²) < 4.78 is 5.02. The molecule has 112 heavy (non-hydrogen) atoms. The fourth-order valence-corrected chi connectivity index (χ4v) is 10.8. The number of aromatic nitrogens is 16. The highest BCUT2D eigenvalue weighted by molar-refractivity contribution is 5.99. The minimum absolute atomic E-state index is 0.0464. The van der Waals surface area contributed by atoms with Crippen LogP contribution in [-0.4, -0.2) is 188 Å². The van der Waals surface area contributed by atoms with Gasteiger partial charge in [-0.2, -0.15) is 0 Å². The number of aromatic hydroxyl groups is 4. The van der Waals surface area contributed by atoms with Gasteiger partial charge in [0.05, 0.1) is 70.3 Å². The molecule has 11 N–H and O–H groups in total. The molecule has 0 spiro atoms. The van der Waals surface area contributed by atoms with E-state index in [1.54, 1.807) is 12.1 Å². The molecule has 12 rings (SSSR count). The topological polar surface area (TPSA) is 509 Å². The summed E-state index contributed by atoms with van der Waals surface area (Å²) in [7, 11) is 0. The van der Waals surface area contributed by atoms with Crippen molar-refractivity contribution in [3.8, 4) is 141 Å². The van der Waals surface area contributed by atoms with Gasteiger partial charge < -0.3 is 56.8 Å². The Morgan fingerprint density at radius 3 is 0.839 bits per heavy atom. The van der Waals surface area contributed by atoms with Gasteiger partial charge in [0.15, 0.2) is 5.78 Å². The number of nitrogens with one attached hydrogen (secondary N) is 3. The summed E-state index contributed by atoms with van der Waals surface area (Å²) in [5.41, 5.74) is 3.16. The molecule has 0 saturated carbocycles. The zero-order chi connectivity index (χ0) is 79.9. The van der Waals surface area contributed by atoms with E-state index in [1.807, 2.05) is 0 Å². The number of carbonyl (C=O) groups excluding carboxylic acids is 4. The highest BCUT2D eigenvalue weighted by Gasteiger charge is 2.23. The van der Waals surface area contributed by atoms with E-state index < -0.39 is 58.7 Å². The minimum atomic E-state index is -1.34. The number of amides is 3. The van der Waals surface area contributed by atoms with Crippen LogP contribution < -0.4 is 16.0 Å². The number of hydrogen-bond donors (Lipinski definition) is 11. The van der Waals surface area contributed by atoms with Gasteiger partial charge in [0.2, 0.25) is 0 Å². The van der Waals surface area contributed by atoms with Crippen LogP contribution in [0.3, 0.4) is 0 Å². The molecule has 8 heterocycles. The van der Waals surface area contributed by atoms with E-state index >= 15 is 0 Å². The summed E-state index contributed by atoms with van der Waals surface area (Å²) in [5.74, 6) is 0.693. The van der Waals surface area contributed by atoms with Gasteiger partial charge in [-0.3, -0.25) is 19.2 Å². The maximum atomic E-state index is 13.9. The van der Waals surface area contributed by atoms with E-state index in [4.69, 9.17) is 25.7 Å². The van der Waals surface area contributed by atoms with Crippen molar-refractivity contribution in [2.75, 3.05) is 19.6 Å². The summed E-state index contributed by atoms with van der Waals surface area (Å²) in [4.78, 5) is 116. The number of nitrogens with zero attached hydrogens (tertiary/aromatic N) is 16. The van der Waals surface area contributed by atoms with Gasteiger partial charge in [-0.05, 0) is 123 Å². The number of terminal acetylenes is 4. The van der Waals surface area contributed by atoms with Gasteiger partial charge in [-0.1, -0.05) is 51.0 Å². The van der Waals surface area contributed by atoms with Crippen LogP contribution in [0.4, 0.5) is 0 Å². The number of Topliss-reactive ketones (excluding diaryl/α,β-unsaturated/α-hetero) is 1. The largest absolute Gasteiger partial charge is 0.507 e. The third kappa shape index (κ3) is 18.2. The van der Waals surface area contributed by atoms with Gasteiger partial charge in [-0.25, -0.2) is 57.8 Å². The number of aromatic carboxylic acids is 4. The Balaban J connectivity index is 0.000000347. The monoisotopic (exact) mass is 1500 g/mol. The van der Waals surface area contributed by atoms with Crippen LogP contribution in [-0.2, 0) is 0 Å². The van der Waals surface area contributed by atoms with E-state index in [0.717, 1.165) is 12.8 Å². The van der Waals surface area contributed by atoms with E-state index in [-0.39, 0.29) is 126 Å². The number of rotatable bonds is 27. The molecule has 35 nitrogen and oxygen atoms in total. The second-order valence-electron chi connectivity index (χ2n) is 24.0. The van der Waals surface area contributed by atoms with Crippen LogP contribution in [0.2, 0.25) is 0 Å². The van der Waals surface area contributed by atoms with Crippen molar-refractivity contribution < 1.29 is 79.2 Å². The number of benzene rings is 4. The SMILES string of the molecule is C#Cc1cc(C(=O)CCCCCNC(=O)c2cc(C#C)nc(C#C)c2)cc(C#C)n1.O=C(NCCCCNC(=O)c1cc(-c2cn(-c3ccc(C(=O)O)c(O)c3)nn2)nc(-c2cn(-c3ccc(C(=O)O)c(O)c3)nn2)c1)c1cc(-c2cn(-c3ccc(C(=O)O)c(O)c3)nn2)nc(-c2cn(-c3ccc(C(=O)O)c(O)c3)nn2)c1. The van der Waals surface area contributed by atoms with Gasteiger partial charge in [0.1, 0.15) is 90.8 Å². The standard InChI is InChI=1S/C52H38N16O14.C25H19N3O2/c69-43-17-27(3-7-31(43)49(75)76)65-21-39(57-61-65)35-13-25(14-36(55-35)40-22-66(62-58-40)28-4-8-32(50(77)78)44(70)18-28)47(73)53-11-1-2-12-54-48(74)26-15-37(41-23-67(63-59-41)29-5-9-33(51(79)80)45(71)19-29)56-38(16-26)42-24-68(64-60-42)30-6-10-34(52(81)82)46(72)20-30;1-5-20-14-18(15-21(6-2)27-20)24(29)12-10-9-11-13-26-25(30)19-16-22(7-3)28-23(8-4)17-19/h3-10,13-24,69-72H,1-2,11-12H2,(H,53,73)(H,54,74)(H,75,76)(H,77,78)(H,79,80)(H,81,82);1-4,14-17H,9-13H2,(H,26,30). The zero-order valence-corrected chi connectivity index (χ0v) is 58.0. The fraction of sp³-hybridized carbons (Fsp3) is 0.117. The average molecular weight is 1500 g/mol. The zero-order valence-electron chi connectivity index (χ0n) is 58.0. The van der Waals surface area contributed by atoms with Crippen LogP contribution in [0, 0.1) is 49.4 Å². The fourth-order valence-electron chi connectivity index (χ4n) is 10.8. The lowest BCUT2D eigenvalue weighted by atomic mass is 10.0. The van der Waals surface area contributed by atoms with Crippen LogP contribution in [0.1, 0.15) is 144 Å². The Hall–Kier alpha value is -16.6. The smallest absolute Gasteiger partial charge is 0.339 e. The van der Waals surface area contributed by atoms with Crippen molar-refractivity contribution in [3.63, 3.8) is 0 Å². The Morgan fingerprint density at radius 1 is 0.321 bits per heavy atom. The van der Waals surface area contributed by atoms with Crippen molar-refractivity contribution in [1.82, 2.24) is 95.9 Å². The lowest BCUT2D eigenvalue weighted by Crippen LogP contribution is -2.27. The Morgan fingerprint density at radius 2 is 0.580 bits per heavy atom. The number of carboxylic acid groups (broad SMARTS) is 4. The second-order valence-corrected chi connectivity index (χ2v) is 24.0. The number of ketones is 1. The summed E-state index contributed by atoms with van der Waals surface area (Å²) in [6.07, 6.45) is 30.3. The van der Waals surface area contributed by atoms with Crippen LogP contribution in [0.15, 0.2) is 146 Å². The van der Waals surface area contributed by atoms with Crippen molar-refractivity contribution >= 4 is 47.4 Å². The third-order valence-electron chi connectivity index (χ3n) is 16.5. The number of carbonyl (C=O) groups is 8. The highest BCUT2D eigenvalue weighted by Crippen LogP contribution is 2.31. The minimum Gasteiger partial charge on any atom is -0.507 e. The molecule has 0 aliphatic rings. The van der Waals surface area contributed by atoms with Gasteiger partial charge >= 0.3 is 23.9 Å². The van der Waals surface area contributed by atoms with E-state index in [0.29, 0.717) is 66.1 Å². The molecule has 0 fully saturated rings. The highest BCUT2D eigenvalue weighted by atomic mass is 16.4. The molecule has 4 aromatic carbocycles. The number of hydrogen-bond acceptors (Lipinski definition) is 24. The molecule has 8 aromatic heterocycles. The molecule has 0 aliphatic heterocycles. The number of carboxylic acids is 4. The van der Waals surface area contributed by atoms with Gasteiger partial charge in [-0.15, -0.1) is 46.1 Å². The summed E-state index contributed by atoms with van der Waals surface area (Å²) in [6, 6.07) is 27.0. The molecule has 0 radical (unpaired) electrons. The van der Waals surface area contributed by atoms with E-state index in [9.17, 15) is 79.2 Å². The molecular formula is C77H57N19O16. The van der Waals surface area contributed by atoms with Crippen LogP contribution in [0.25, 0.3) is 68.3 Å². The first-order valence-electron chi connectivity index (χ1n) is 33.2. The van der Waals surface area contributed by atoms with Crippen molar-refractivity contribution in [2.24, 2.45) is 0 Å². The molecule has 0 saturated heterocycles. The van der Waals surface area contributed by atoms with Crippen molar-refractivity contribution in [2.45, 2.75) is 38.5 Å². The van der Waals surface area contributed by atoms with Crippen LogP contribution >= 0.6 is 0 Å². The number of phenols is 4. The quantitative estimate of drug-likeness (QED) is 0.0147. The Labute approximate surface area is 632 Å². The first kappa shape index (κ1) is 76.6. The number of pyridine rings is 4. The lowest BCUT2D eigenvalue weighted by Gasteiger charge is -2.10. The van der Waals surface area contributed by atoms with Crippen molar-refractivity contribution in [1.29, 1.82) is 0 Å². The molecule has 12 aromatic rings. The summed E-state index contributed by atoms with van der Waals surface area (Å²) >= 11 is 0. The van der Waals surface area contributed by atoms with Gasteiger partial charge in [0, 0.05) is 72.6 Å². The Kier molecular flexibility index (Phi) is 23.3. The maximum Gasteiger partial charge on any atom is 0.339 e. The molecular weight excluding hydrogens is 1450 g/mol. The third-order valence-corrected chi connectivity index (χ3v) is 16.5. The predicted octanol–water partition coefficient (Wildman–Crippen LogP) is 6.60. The van der Waals surface area contributed by atoms with E-state index in [1.165, 1.54) is 153 Å². The van der Waals surface area contributed by atoms with E-state index in [2.05, 4.69) is 101 Å². The lowest BCUT2D eigenvalue weighted by molar-refractivity contribution is 0.0682. The normalized spacial score (nSPS) is 10.6. The molecule has 0 aliphatic carbocycles. The molecule has 0 atom stereocenters. The summed E-state index contributed by atoms with van der Waals surface area (Å²) in [6.45, 7) is 0.717. The second kappa shape index (κ2) is 34.1. The molecule has 0 unspecified atom stereocenters.